The van der Waals surface area contributed by atoms with Crippen LogP contribution in [0.15, 0.2) is 0 Å². The molecule has 94 valence electrons. The van der Waals surface area contributed by atoms with E-state index in [1.165, 1.54) is 24.3 Å². The first-order chi connectivity index (χ1) is 8.18. The first-order valence-corrected chi connectivity index (χ1v) is 7.21. The minimum atomic E-state index is 0.00646. The zero-order valence-electron chi connectivity index (χ0n) is 10.4. The second-order valence-corrected chi connectivity index (χ2v) is 5.80. The zero-order chi connectivity index (χ0) is 12.3. The van der Waals surface area contributed by atoms with Crippen LogP contribution in [-0.4, -0.2) is 34.2 Å². The van der Waals surface area contributed by atoms with Crippen molar-refractivity contribution < 1.29 is 4.79 Å². The van der Waals surface area contributed by atoms with Crippen molar-refractivity contribution in [1.29, 1.82) is 0 Å². The van der Waals surface area contributed by atoms with Gasteiger partial charge in [-0.15, -0.1) is 0 Å². The molecule has 1 aromatic heterocycles. The minimum Gasteiger partial charge on any atom is -0.352 e. The standard InChI is InChI=1S/C12H19N3OS/c1-8-11(9(2)15-14-8)12(16)13-7-10-3-5-17-6-4-10/h10H,3-7H2,1-2H3,(H,13,16)(H,14,15). The van der Waals surface area contributed by atoms with Crippen molar-refractivity contribution in [1.82, 2.24) is 15.5 Å². The van der Waals surface area contributed by atoms with Crippen molar-refractivity contribution in [3.8, 4) is 0 Å². The third-order valence-corrected chi connectivity index (χ3v) is 4.30. The highest BCUT2D eigenvalue weighted by molar-refractivity contribution is 7.99. The number of hydrogen-bond donors (Lipinski definition) is 2. The molecule has 0 unspecified atom stereocenters. The third kappa shape index (κ3) is 3.03. The van der Waals surface area contributed by atoms with E-state index >= 15 is 0 Å². The van der Waals surface area contributed by atoms with Gasteiger partial charge in [0.15, 0.2) is 0 Å². The van der Waals surface area contributed by atoms with Crippen LogP contribution >= 0.6 is 11.8 Å². The Balaban J connectivity index is 1.89. The first kappa shape index (κ1) is 12.5. The molecule has 0 saturated carbocycles. The molecule has 0 bridgehead atoms. The van der Waals surface area contributed by atoms with Gasteiger partial charge in [-0.1, -0.05) is 0 Å². The van der Waals surface area contributed by atoms with Crippen molar-refractivity contribution >= 4 is 17.7 Å². The molecule has 0 radical (unpaired) electrons. The zero-order valence-corrected chi connectivity index (χ0v) is 11.2. The molecule has 2 N–H and O–H groups in total. The van der Waals surface area contributed by atoms with E-state index < -0.39 is 0 Å². The fourth-order valence-electron chi connectivity index (χ4n) is 2.16. The number of carbonyl (C=O) groups is 1. The van der Waals surface area contributed by atoms with Gasteiger partial charge in [-0.2, -0.15) is 16.9 Å². The van der Waals surface area contributed by atoms with E-state index in [1.807, 2.05) is 25.6 Å². The van der Waals surface area contributed by atoms with Gasteiger partial charge in [0.05, 0.1) is 11.3 Å². The molecule has 1 amide bonds. The van der Waals surface area contributed by atoms with Gasteiger partial charge in [-0.25, -0.2) is 0 Å². The number of thioether (sulfide) groups is 1. The highest BCUT2D eigenvalue weighted by atomic mass is 32.2. The molecule has 0 atom stereocenters. The monoisotopic (exact) mass is 253 g/mol. The predicted octanol–water partition coefficient (Wildman–Crippen LogP) is 1.90. The van der Waals surface area contributed by atoms with Crippen LogP contribution in [0.4, 0.5) is 0 Å². The fraction of sp³-hybridized carbons (Fsp3) is 0.667. The largest absolute Gasteiger partial charge is 0.352 e. The Morgan fingerprint density at radius 2 is 2.18 bits per heavy atom. The topological polar surface area (TPSA) is 57.8 Å². The van der Waals surface area contributed by atoms with Gasteiger partial charge in [-0.3, -0.25) is 9.89 Å². The van der Waals surface area contributed by atoms with E-state index in [0.717, 1.165) is 17.9 Å². The van der Waals surface area contributed by atoms with Crippen LogP contribution in [0.25, 0.3) is 0 Å². The summed E-state index contributed by atoms with van der Waals surface area (Å²) in [5.74, 6) is 3.11. The Morgan fingerprint density at radius 1 is 1.47 bits per heavy atom. The summed E-state index contributed by atoms with van der Waals surface area (Å²) in [6, 6.07) is 0. The number of hydrogen-bond acceptors (Lipinski definition) is 3. The molecule has 1 aliphatic heterocycles. The molecule has 2 heterocycles. The summed E-state index contributed by atoms with van der Waals surface area (Å²) in [6.07, 6.45) is 2.43. The van der Waals surface area contributed by atoms with Crippen molar-refractivity contribution in [2.24, 2.45) is 5.92 Å². The van der Waals surface area contributed by atoms with Gasteiger partial charge in [0.2, 0.25) is 0 Å². The minimum absolute atomic E-state index is 0.00646. The van der Waals surface area contributed by atoms with E-state index in [-0.39, 0.29) is 5.91 Å². The van der Waals surface area contributed by atoms with Crippen LogP contribution in [0.3, 0.4) is 0 Å². The van der Waals surface area contributed by atoms with Crippen LogP contribution in [0.5, 0.6) is 0 Å². The Bertz CT molecular complexity index is 377. The van der Waals surface area contributed by atoms with Crippen molar-refractivity contribution in [2.75, 3.05) is 18.1 Å². The lowest BCUT2D eigenvalue weighted by molar-refractivity contribution is 0.0945. The van der Waals surface area contributed by atoms with E-state index in [9.17, 15) is 4.79 Å². The lowest BCUT2D eigenvalue weighted by Gasteiger charge is -2.21. The first-order valence-electron chi connectivity index (χ1n) is 6.06. The molecular weight excluding hydrogens is 234 g/mol. The number of amides is 1. The van der Waals surface area contributed by atoms with Crippen LogP contribution in [0.1, 0.15) is 34.6 Å². The van der Waals surface area contributed by atoms with Crippen molar-refractivity contribution in [3.63, 3.8) is 0 Å². The maximum atomic E-state index is 12.0. The Morgan fingerprint density at radius 3 is 2.76 bits per heavy atom. The second kappa shape index (κ2) is 5.58. The molecule has 17 heavy (non-hydrogen) atoms. The van der Waals surface area contributed by atoms with Gasteiger partial charge in [0.1, 0.15) is 0 Å². The van der Waals surface area contributed by atoms with Crippen LogP contribution in [-0.2, 0) is 0 Å². The molecule has 0 aliphatic carbocycles. The van der Waals surface area contributed by atoms with Gasteiger partial charge in [0, 0.05) is 12.2 Å². The number of aromatic nitrogens is 2. The number of nitrogens with zero attached hydrogens (tertiary/aromatic N) is 1. The quantitative estimate of drug-likeness (QED) is 0.865. The fourth-order valence-corrected chi connectivity index (χ4v) is 3.37. The maximum absolute atomic E-state index is 12.0. The smallest absolute Gasteiger partial charge is 0.255 e. The molecule has 2 rings (SSSR count). The average Bonchev–Trinajstić information content (AvgIpc) is 2.67. The van der Waals surface area contributed by atoms with Crippen molar-refractivity contribution in [2.45, 2.75) is 26.7 Å². The summed E-state index contributed by atoms with van der Waals surface area (Å²) >= 11 is 2.01. The van der Waals surface area contributed by atoms with E-state index in [1.54, 1.807) is 0 Å². The summed E-state index contributed by atoms with van der Waals surface area (Å²) in [5, 5.41) is 9.91. The highest BCUT2D eigenvalue weighted by Gasteiger charge is 2.18. The van der Waals surface area contributed by atoms with Gasteiger partial charge < -0.3 is 5.32 Å². The Kier molecular flexibility index (Phi) is 4.10. The highest BCUT2D eigenvalue weighted by Crippen LogP contribution is 2.22. The number of nitrogens with one attached hydrogen (secondary N) is 2. The van der Waals surface area contributed by atoms with Gasteiger partial charge >= 0.3 is 0 Å². The number of rotatable bonds is 3. The van der Waals surface area contributed by atoms with E-state index in [4.69, 9.17) is 0 Å². The van der Waals surface area contributed by atoms with Gasteiger partial charge in [-0.05, 0) is 44.1 Å². The summed E-state index contributed by atoms with van der Waals surface area (Å²) in [6.45, 7) is 4.53. The van der Waals surface area contributed by atoms with Crippen molar-refractivity contribution in [3.05, 3.63) is 17.0 Å². The van der Waals surface area contributed by atoms with E-state index in [0.29, 0.717) is 11.5 Å². The molecule has 5 heteroatoms. The third-order valence-electron chi connectivity index (χ3n) is 3.25. The van der Waals surface area contributed by atoms with Crippen LogP contribution in [0, 0.1) is 19.8 Å². The number of aromatic amines is 1. The SMILES string of the molecule is Cc1n[nH]c(C)c1C(=O)NCC1CCSCC1. The summed E-state index contributed by atoms with van der Waals surface area (Å²) in [7, 11) is 0. The predicted molar refractivity (Wildman–Crippen MR) is 70.4 cm³/mol. The van der Waals surface area contributed by atoms with Gasteiger partial charge in [0.25, 0.3) is 5.91 Å². The maximum Gasteiger partial charge on any atom is 0.255 e. The average molecular weight is 253 g/mol. The normalized spacial score (nSPS) is 17.1. The molecule has 0 aromatic carbocycles. The molecule has 1 saturated heterocycles. The second-order valence-electron chi connectivity index (χ2n) is 4.57. The molecule has 1 fully saturated rings. The molecule has 0 spiro atoms. The van der Waals surface area contributed by atoms with Crippen LogP contribution < -0.4 is 5.32 Å². The Labute approximate surface area is 106 Å². The summed E-state index contributed by atoms with van der Waals surface area (Å²) in [5.41, 5.74) is 2.33. The molecular formula is C12H19N3OS. The number of carbonyl (C=O) groups excluding carboxylic acids is 1. The summed E-state index contributed by atoms with van der Waals surface area (Å²) < 4.78 is 0. The number of aryl methyl sites for hydroxylation is 2. The lowest BCUT2D eigenvalue weighted by Crippen LogP contribution is -2.31. The summed E-state index contributed by atoms with van der Waals surface area (Å²) in [4.78, 5) is 12.0. The molecule has 4 nitrogen and oxygen atoms in total. The number of H-pyrrole nitrogens is 1. The molecule has 1 aliphatic rings. The lowest BCUT2D eigenvalue weighted by atomic mass is 10.0. The van der Waals surface area contributed by atoms with E-state index in [2.05, 4.69) is 15.5 Å². The van der Waals surface area contributed by atoms with Crippen LogP contribution in [0.2, 0.25) is 0 Å². The molecule has 1 aromatic rings. The Hall–Kier alpha value is -0.970.